The summed E-state index contributed by atoms with van der Waals surface area (Å²) in [6.45, 7) is 5.19. The molecule has 2 aromatic rings. The second kappa shape index (κ2) is 6.15. The van der Waals surface area contributed by atoms with Gasteiger partial charge in [0.25, 0.3) is 0 Å². The normalized spacial score (nSPS) is 17.9. The second-order valence-electron chi connectivity index (χ2n) is 4.99. The molecular formula is C15H20N4O. The van der Waals surface area contributed by atoms with E-state index in [2.05, 4.69) is 34.7 Å². The Morgan fingerprint density at radius 1 is 1.35 bits per heavy atom. The van der Waals surface area contributed by atoms with Crippen molar-refractivity contribution in [3.8, 4) is 0 Å². The van der Waals surface area contributed by atoms with Crippen LogP contribution in [0.15, 0.2) is 30.3 Å². The number of nitrogens with one attached hydrogen (secondary N) is 1. The number of hydrogen-bond acceptors (Lipinski definition) is 4. The third kappa shape index (κ3) is 2.73. The molecular weight excluding hydrogens is 252 g/mol. The Bertz CT molecular complexity index is 552. The highest BCUT2D eigenvalue weighted by molar-refractivity contribution is 5.19. The van der Waals surface area contributed by atoms with Gasteiger partial charge in [-0.05, 0) is 12.5 Å². The summed E-state index contributed by atoms with van der Waals surface area (Å²) < 4.78 is 7.81. The lowest BCUT2D eigenvalue weighted by atomic mass is 10.1. The minimum absolute atomic E-state index is 0.155. The van der Waals surface area contributed by atoms with Crippen LogP contribution in [0.1, 0.15) is 29.9 Å². The average molecular weight is 272 g/mol. The summed E-state index contributed by atoms with van der Waals surface area (Å²) in [5.41, 5.74) is 3.49. The van der Waals surface area contributed by atoms with Gasteiger partial charge in [0.1, 0.15) is 5.69 Å². The van der Waals surface area contributed by atoms with Gasteiger partial charge in [-0.3, -0.25) is 0 Å². The summed E-state index contributed by atoms with van der Waals surface area (Å²) >= 11 is 0. The highest BCUT2D eigenvalue weighted by Gasteiger charge is 2.25. The van der Waals surface area contributed by atoms with Crippen LogP contribution in [0.25, 0.3) is 0 Å². The Hall–Kier alpha value is -1.72. The number of fused-ring (bicyclic) bond motifs is 1. The zero-order chi connectivity index (χ0) is 13.8. The molecule has 1 atom stereocenters. The van der Waals surface area contributed by atoms with E-state index in [-0.39, 0.29) is 6.04 Å². The van der Waals surface area contributed by atoms with Crippen LogP contribution in [0.3, 0.4) is 0 Å². The highest BCUT2D eigenvalue weighted by Crippen LogP contribution is 2.20. The maximum absolute atomic E-state index is 5.82. The Labute approximate surface area is 118 Å². The molecule has 0 aliphatic carbocycles. The third-order valence-corrected chi connectivity index (χ3v) is 3.65. The summed E-state index contributed by atoms with van der Waals surface area (Å²) in [6, 6.07) is 10.4. The van der Waals surface area contributed by atoms with E-state index in [0.717, 1.165) is 25.2 Å². The molecule has 106 valence electrons. The number of nitrogens with zero attached hydrogens (tertiary/aromatic N) is 3. The SMILES string of the molecule is CCn1nnc2c1CCN[C@@H]2COCc1ccccc1. The molecule has 0 saturated heterocycles. The van der Waals surface area contributed by atoms with Gasteiger partial charge in [-0.2, -0.15) is 0 Å². The lowest BCUT2D eigenvalue weighted by Crippen LogP contribution is -2.33. The van der Waals surface area contributed by atoms with Gasteiger partial charge >= 0.3 is 0 Å². The van der Waals surface area contributed by atoms with Crippen LogP contribution >= 0.6 is 0 Å². The fourth-order valence-corrected chi connectivity index (χ4v) is 2.60. The molecule has 1 aromatic carbocycles. The van der Waals surface area contributed by atoms with Crippen LogP contribution in [-0.2, 0) is 24.3 Å². The first-order chi connectivity index (χ1) is 9.88. The fraction of sp³-hybridized carbons (Fsp3) is 0.467. The van der Waals surface area contributed by atoms with Crippen molar-refractivity contribution >= 4 is 0 Å². The van der Waals surface area contributed by atoms with E-state index in [0.29, 0.717) is 13.2 Å². The van der Waals surface area contributed by atoms with E-state index in [4.69, 9.17) is 4.74 Å². The van der Waals surface area contributed by atoms with E-state index in [9.17, 15) is 0 Å². The lowest BCUT2D eigenvalue weighted by Gasteiger charge is -2.23. The predicted molar refractivity (Wildman–Crippen MR) is 76.2 cm³/mol. The first kappa shape index (κ1) is 13.3. The number of ether oxygens (including phenoxy) is 1. The van der Waals surface area contributed by atoms with E-state index in [1.54, 1.807) is 0 Å². The standard InChI is InChI=1S/C15H20N4O/c1-2-19-14-8-9-16-13(15(14)17-18-19)11-20-10-12-6-4-3-5-7-12/h3-7,13,16H,2,8-11H2,1H3/t13-/m1/s1. The Morgan fingerprint density at radius 3 is 3.00 bits per heavy atom. The molecule has 0 radical (unpaired) electrons. The van der Waals surface area contributed by atoms with Crippen LogP contribution < -0.4 is 5.32 Å². The van der Waals surface area contributed by atoms with Crippen LogP contribution in [-0.4, -0.2) is 28.1 Å². The van der Waals surface area contributed by atoms with Gasteiger partial charge in [0.2, 0.25) is 0 Å². The number of rotatable bonds is 5. The monoisotopic (exact) mass is 272 g/mol. The number of aryl methyl sites for hydroxylation is 1. The van der Waals surface area contributed by atoms with Gasteiger partial charge in [-0.15, -0.1) is 5.10 Å². The molecule has 5 heteroatoms. The molecule has 1 aliphatic rings. The van der Waals surface area contributed by atoms with E-state index < -0.39 is 0 Å². The van der Waals surface area contributed by atoms with Crippen molar-refractivity contribution in [3.63, 3.8) is 0 Å². The zero-order valence-electron chi connectivity index (χ0n) is 11.7. The smallest absolute Gasteiger partial charge is 0.105 e. The van der Waals surface area contributed by atoms with Crippen LogP contribution in [0.4, 0.5) is 0 Å². The van der Waals surface area contributed by atoms with Crippen molar-refractivity contribution in [1.29, 1.82) is 0 Å². The largest absolute Gasteiger partial charge is 0.375 e. The molecule has 3 rings (SSSR count). The van der Waals surface area contributed by atoms with Crippen molar-refractivity contribution in [3.05, 3.63) is 47.3 Å². The molecule has 0 spiro atoms. The van der Waals surface area contributed by atoms with Crippen LogP contribution in [0, 0.1) is 0 Å². The molecule has 1 aliphatic heterocycles. The minimum atomic E-state index is 0.155. The molecule has 0 fully saturated rings. The zero-order valence-corrected chi connectivity index (χ0v) is 11.7. The van der Waals surface area contributed by atoms with E-state index >= 15 is 0 Å². The molecule has 0 saturated carbocycles. The maximum Gasteiger partial charge on any atom is 0.105 e. The predicted octanol–water partition coefficient (Wildman–Crippen LogP) is 1.70. The molecule has 0 unspecified atom stereocenters. The van der Waals surface area contributed by atoms with Crippen molar-refractivity contribution in [1.82, 2.24) is 20.3 Å². The Morgan fingerprint density at radius 2 is 2.20 bits per heavy atom. The topological polar surface area (TPSA) is 52.0 Å². The maximum atomic E-state index is 5.82. The van der Waals surface area contributed by atoms with Crippen LogP contribution in [0.5, 0.6) is 0 Å². The van der Waals surface area contributed by atoms with Gasteiger partial charge in [-0.1, -0.05) is 35.5 Å². The van der Waals surface area contributed by atoms with Crippen molar-refractivity contribution < 1.29 is 4.74 Å². The van der Waals surface area contributed by atoms with Gasteiger partial charge in [-0.25, -0.2) is 4.68 Å². The average Bonchev–Trinajstić information content (AvgIpc) is 2.92. The number of benzene rings is 1. The quantitative estimate of drug-likeness (QED) is 0.900. The molecule has 5 nitrogen and oxygen atoms in total. The van der Waals surface area contributed by atoms with Crippen molar-refractivity contribution in [2.75, 3.05) is 13.2 Å². The van der Waals surface area contributed by atoms with Crippen molar-refractivity contribution in [2.45, 2.75) is 32.5 Å². The van der Waals surface area contributed by atoms with E-state index in [1.807, 2.05) is 22.9 Å². The first-order valence-corrected chi connectivity index (χ1v) is 7.15. The summed E-state index contributed by atoms with van der Waals surface area (Å²) in [7, 11) is 0. The molecule has 1 aromatic heterocycles. The van der Waals surface area contributed by atoms with Gasteiger partial charge < -0.3 is 10.1 Å². The molecule has 20 heavy (non-hydrogen) atoms. The van der Waals surface area contributed by atoms with Gasteiger partial charge in [0.05, 0.1) is 24.9 Å². The Balaban J connectivity index is 1.61. The summed E-state index contributed by atoms with van der Waals surface area (Å²) in [5.74, 6) is 0. The van der Waals surface area contributed by atoms with Gasteiger partial charge in [0.15, 0.2) is 0 Å². The summed E-state index contributed by atoms with van der Waals surface area (Å²) in [5, 5.41) is 12.0. The van der Waals surface area contributed by atoms with Crippen molar-refractivity contribution in [2.24, 2.45) is 0 Å². The number of aromatic nitrogens is 3. The Kier molecular flexibility index (Phi) is 4.08. The lowest BCUT2D eigenvalue weighted by molar-refractivity contribution is 0.0957. The third-order valence-electron chi connectivity index (χ3n) is 3.65. The summed E-state index contributed by atoms with van der Waals surface area (Å²) in [4.78, 5) is 0. The van der Waals surface area contributed by atoms with E-state index in [1.165, 1.54) is 11.3 Å². The molecule has 0 bridgehead atoms. The highest BCUT2D eigenvalue weighted by atomic mass is 16.5. The molecule has 2 heterocycles. The second-order valence-corrected chi connectivity index (χ2v) is 4.99. The summed E-state index contributed by atoms with van der Waals surface area (Å²) in [6.07, 6.45) is 0.991. The molecule has 0 amide bonds. The minimum Gasteiger partial charge on any atom is -0.375 e. The number of hydrogen-bond donors (Lipinski definition) is 1. The van der Waals surface area contributed by atoms with Gasteiger partial charge in [0, 0.05) is 19.5 Å². The fourth-order valence-electron chi connectivity index (χ4n) is 2.60. The first-order valence-electron chi connectivity index (χ1n) is 7.15. The van der Waals surface area contributed by atoms with Crippen LogP contribution in [0.2, 0.25) is 0 Å². The molecule has 1 N–H and O–H groups in total.